The van der Waals surface area contributed by atoms with E-state index in [0.717, 1.165) is 66.7 Å². The van der Waals surface area contributed by atoms with Crippen LogP contribution < -0.4 is 4.74 Å². The van der Waals surface area contributed by atoms with Gasteiger partial charge in [-0.1, -0.05) is 48.6 Å². The number of fused-ring (bicyclic) bond motifs is 1. The summed E-state index contributed by atoms with van der Waals surface area (Å²) < 4.78 is 29.7. The van der Waals surface area contributed by atoms with E-state index >= 15 is 0 Å². The number of carbonyl (C=O) groups is 1. The SMILES string of the molecule is C=C(C)[C@H]1C[C@@H](OCc2ccc(CC(=O)OC)cc2)[C@]2(C)O[C@]2(c2ccc(OC3CCCCO3)cc2)C1. The predicted molar refractivity (Wildman–Crippen MR) is 140 cm³/mol. The predicted octanol–water partition coefficient (Wildman–Crippen LogP) is 5.86. The van der Waals surface area contributed by atoms with Gasteiger partial charge in [-0.3, -0.25) is 4.79 Å². The Morgan fingerprint density at radius 1 is 1.08 bits per heavy atom. The zero-order valence-corrected chi connectivity index (χ0v) is 22.2. The minimum absolute atomic E-state index is 0.0655. The third kappa shape index (κ3) is 5.33. The Bertz CT molecular complexity index is 1100. The van der Waals surface area contributed by atoms with Crippen LogP contribution in [0.3, 0.4) is 0 Å². The van der Waals surface area contributed by atoms with Gasteiger partial charge in [-0.2, -0.15) is 0 Å². The summed E-state index contributed by atoms with van der Waals surface area (Å²) >= 11 is 0. The van der Waals surface area contributed by atoms with Crippen molar-refractivity contribution >= 4 is 5.97 Å². The van der Waals surface area contributed by atoms with E-state index in [9.17, 15) is 4.79 Å². The Balaban J connectivity index is 1.27. The molecule has 198 valence electrons. The molecule has 2 aliphatic heterocycles. The molecule has 3 aliphatic rings. The molecule has 2 aromatic carbocycles. The van der Waals surface area contributed by atoms with E-state index in [-0.39, 0.29) is 24.8 Å². The monoisotopic (exact) mass is 506 g/mol. The fourth-order valence-electron chi connectivity index (χ4n) is 5.83. The Labute approximate surface area is 219 Å². The minimum Gasteiger partial charge on any atom is -0.469 e. The summed E-state index contributed by atoms with van der Waals surface area (Å²) in [6.07, 6.45) is 5.00. The largest absolute Gasteiger partial charge is 0.469 e. The molecule has 0 spiro atoms. The molecule has 37 heavy (non-hydrogen) atoms. The number of epoxide rings is 1. The highest BCUT2D eigenvalue weighted by Gasteiger charge is 2.74. The third-order valence-electron chi connectivity index (χ3n) is 8.27. The number of ether oxygens (including phenoxy) is 5. The molecule has 0 bridgehead atoms. The van der Waals surface area contributed by atoms with Gasteiger partial charge in [0.05, 0.1) is 32.8 Å². The zero-order chi connectivity index (χ0) is 26.0. The van der Waals surface area contributed by atoms with Crippen molar-refractivity contribution in [1.29, 1.82) is 0 Å². The highest BCUT2D eigenvalue weighted by molar-refractivity contribution is 5.72. The number of methoxy groups -OCH3 is 1. The number of carbonyl (C=O) groups excluding carboxylic acids is 1. The van der Waals surface area contributed by atoms with Crippen LogP contribution in [0.4, 0.5) is 0 Å². The maximum atomic E-state index is 11.5. The molecule has 1 unspecified atom stereocenters. The number of benzene rings is 2. The van der Waals surface area contributed by atoms with Gasteiger partial charge < -0.3 is 23.7 Å². The van der Waals surface area contributed by atoms with Crippen molar-refractivity contribution in [3.8, 4) is 5.75 Å². The number of rotatable bonds is 9. The molecule has 6 heteroatoms. The lowest BCUT2D eigenvalue weighted by molar-refractivity contribution is -0.139. The van der Waals surface area contributed by atoms with E-state index in [2.05, 4.69) is 32.6 Å². The van der Waals surface area contributed by atoms with E-state index < -0.39 is 11.2 Å². The van der Waals surface area contributed by atoms with Gasteiger partial charge in [0, 0.05) is 6.42 Å². The Hall–Kier alpha value is -2.67. The second-order valence-corrected chi connectivity index (χ2v) is 10.8. The van der Waals surface area contributed by atoms with Crippen molar-refractivity contribution in [2.24, 2.45) is 5.92 Å². The van der Waals surface area contributed by atoms with E-state index in [1.165, 1.54) is 7.11 Å². The van der Waals surface area contributed by atoms with Crippen LogP contribution in [0.15, 0.2) is 60.7 Å². The summed E-state index contributed by atoms with van der Waals surface area (Å²) in [6, 6.07) is 16.2. The number of hydrogen-bond acceptors (Lipinski definition) is 6. The lowest BCUT2D eigenvalue weighted by Crippen LogP contribution is -2.43. The van der Waals surface area contributed by atoms with Gasteiger partial charge in [-0.05, 0) is 74.3 Å². The molecule has 2 heterocycles. The van der Waals surface area contributed by atoms with E-state index in [0.29, 0.717) is 12.5 Å². The summed E-state index contributed by atoms with van der Waals surface area (Å²) in [7, 11) is 1.40. The summed E-state index contributed by atoms with van der Waals surface area (Å²) in [5.41, 5.74) is 3.50. The maximum absolute atomic E-state index is 11.5. The Morgan fingerprint density at radius 3 is 2.46 bits per heavy atom. The summed E-state index contributed by atoms with van der Waals surface area (Å²) in [5, 5.41) is 0. The lowest BCUT2D eigenvalue weighted by atomic mass is 9.68. The van der Waals surface area contributed by atoms with Gasteiger partial charge in [0.2, 0.25) is 0 Å². The van der Waals surface area contributed by atoms with Crippen LogP contribution >= 0.6 is 0 Å². The molecule has 0 radical (unpaired) electrons. The molecule has 1 aliphatic carbocycles. The smallest absolute Gasteiger partial charge is 0.309 e. The average Bonchev–Trinajstić information content (AvgIpc) is 3.55. The standard InChI is InChI=1S/C31H38O6/c1-21(2)24-18-27(35-20-23-10-8-22(9-11-23)17-28(32)33-4)30(3)31(19-24,37-30)25-12-14-26(15-13-25)36-29-7-5-6-16-34-29/h8-15,24,27,29H,1,5-7,16-20H2,2-4H3/t24-,27+,29?,30-,31-/m0/s1. The topological polar surface area (TPSA) is 66.5 Å². The van der Waals surface area contributed by atoms with Gasteiger partial charge in [0.1, 0.15) is 17.0 Å². The van der Waals surface area contributed by atoms with Gasteiger partial charge in [0.25, 0.3) is 0 Å². The number of esters is 1. The second-order valence-electron chi connectivity index (χ2n) is 10.8. The molecule has 3 fully saturated rings. The first-order valence-electron chi connectivity index (χ1n) is 13.3. The molecule has 2 saturated heterocycles. The molecule has 5 rings (SSSR count). The summed E-state index contributed by atoms with van der Waals surface area (Å²) in [5.74, 6) is 0.897. The normalized spacial score (nSPS) is 30.7. The van der Waals surface area contributed by atoms with Crippen molar-refractivity contribution < 1.29 is 28.5 Å². The summed E-state index contributed by atoms with van der Waals surface area (Å²) in [4.78, 5) is 11.5. The maximum Gasteiger partial charge on any atom is 0.309 e. The van der Waals surface area contributed by atoms with Crippen LogP contribution in [0.1, 0.15) is 62.6 Å². The van der Waals surface area contributed by atoms with E-state index in [1.54, 1.807) is 0 Å². The van der Waals surface area contributed by atoms with Gasteiger partial charge >= 0.3 is 5.97 Å². The Kier molecular flexibility index (Phi) is 7.44. The molecule has 6 nitrogen and oxygen atoms in total. The summed E-state index contributed by atoms with van der Waals surface area (Å²) in [6.45, 7) is 9.78. The average molecular weight is 507 g/mol. The number of hydrogen-bond donors (Lipinski definition) is 0. The van der Waals surface area contributed by atoms with Crippen molar-refractivity contribution in [3.63, 3.8) is 0 Å². The van der Waals surface area contributed by atoms with Crippen LogP contribution in [0.5, 0.6) is 5.75 Å². The molecule has 2 aromatic rings. The highest BCUT2D eigenvalue weighted by Crippen LogP contribution is 2.66. The van der Waals surface area contributed by atoms with Crippen LogP contribution in [0.25, 0.3) is 0 Å². The third-order valence-corrected chi connectivity index (χ3v) is 8.27. The van der Waals surface area contributed by atoms with E-state index in [1.807, 2.05) is 36.4 Å². The Morgan fingerprint density at radius 2 is 1.81 bits per heavy atom. The molecule has 5 atom stereocenters. The molecular weight excluding hydrogens is 468 g/mol. The van der Waals surface area contributed by atoms with Crippen LogP contribution in [-0.4, -0.2) is 37.7 Å². The first kappa shape index (κ1) is 26.0. The van der Waals surface area contributed by atoms with Crippen molar-refractivity contribution in [3.05, 3.63) is 77.4 Å². The fourth-order valence-corrected chi connectivity index (χ4v) is 5.83. The second kappa shape index (κ2) is 10.6. The molecule has 0 aromatic heterocycles. The first-order chi connectivity index (χ1) is 17.8. The van der Waals surface area contributed by atoms with Crippen molar-refractivity contribution in [2.75, 3.05) is 13.7 Å². The van der Waals surface area contributed by atoms with Crippen LogP contribution in [0, 0.1) is 5.92 Å². The fraction of sp³-hybridized carbons (Fsp3) is 0.516. The first-order valence-corrected chi connectivity index (χ1v) is 13.3. The van der Waals surface area contributed by atoms with Crippen molar-refractivity contribution in [1.82, 2.24) is 0 Å². The van der Waals surface area contributed by atoms with Crippen LogP contribution in [-0.2, 0) is 42.4 Å². The van der Waals surface area contributed by atoms with Gasteiger partial charge in [-0.15, -0.1) is 0 Å². The quantitative estimate of drug-likeness (QED) is 0.241. The molecule has 0 N–H and O–H groups in total. The lowest BCUT2D eigenvalue weighted by Gasteiger charge is -2.36. The zero-order valence-electron chi connectivity index (χ0n) is 22.2. The highest BCUT2D eigenvalue weighted by atomic mass is 16.7. The number of allylic oxidation sites excluding steroid dienone is 1. The molecule has 1 saturated carbocycles. The van der Waals surface area contributed by atoms with Gasteiger partial charge in [-0.25, -0.2) is 0 Å². The minimum atomic E-state index is -0.404. The molecule has 0 amide bonds. The molecular formula is C31H38O6. The van der Waals surface area contributed by atoms with Crippen molar-refractivity contribution in [2.45, 2.75) is 82.6 Å². The van der Waals surface area contributed by atoms with Gasteiger partial charge in [0.15, 0.2) is 6.29 Å². The van der Waals surface area contributed by atoms with E-state index in [4.69, 9.17) is 23.7 Å². The van der Waals surface area contributed by atoms with Crippen LogP contribution in [0.2, 0.25) is 0 Å².